The summed E-state index contributed by atoms with van der Waals surface area (Å²) in [5.74, 6) is 0.0922. The number of carbonyl (C=O) groups is 1. The molecule has 2 rings (SSSR count). The van der Waals surface area contributed by atoms with Crippen molar-refractivity contribution in [2.24, 2.45) is 5.73 Å². The number of rotatable bonds is 3. The topological polar surface area (TPSA) is 58.4 Å². The first-order valence-corrected chi connectivity index (χ1v) is 6.57. The standard InChI is InChI=1S/C14H21N3O/c1-2-11-3-5-12(6-4-11)14(18)17-8-7-16-10-13(17)9-15/h3-6,13,16H,2,7-10,15H2,1H3. The van der Waals surface area contributed by atoms with Gasteiger partial charge in [0.2, 0.25) is 0 Å². The summed E-state index contributed by atoms with van der Waals surface area (Å²) in [5, 5.41) is 3.27. The molecule has 1 heterocycles. The predicted octanol–water partition coefficient (Wildman–Crippen LogP) is 0.622. The van der Waals surface area contributed by atoms with Gasteiger partial charge in [-0.2, -0.15) is 0 Å². The van der Waals surface area contributed by atoms with Crippen LogP contribution in [0, 0.1) is 0 Å². The third-order valence-corrected chi connectivity index (χ3v) is 3.49. The summed E-state index contributed by atoms with van der Waals surface area (Å²) in [5.41, 5.74) is 7.73. The highest BCUT2D eigenvalue weighted by Gasteiger charge is 2.25. The van der Waals surface area contributed by atoms with Gasteiger partial charge in [0.25, 0.3) is 5.91 Å². The summed E-state index contributed by atoms with van der Waals surface area (Å²) in [6, 6.07) is 7.98. The lowest BCUT2D eigenvalue weighted by Gasteiger charge is -2.35. The molecule has 0 aliphatic carbocycles. The normalized spacial score (nSPS) is 19.9. The summed E-state index contributed by atoms with van der Waals surface area (Å²) in [6.07, 6.45) is 0.994. The molecular formula is C14H21N3O. The van der Waals surface area contributed by atoms with Crippen LogP contribution in [0.25, 0.3) is 0 Å². The average Bonchev–Trinajstić information content (AvgIpc) is 2.46. The molecule has 1 saturated heterocycles. The molecule has 1 aromatic carbocycles. The van der Waals surface area contributed by atoms with Gasteiger partial charge in [-0.3, -0.25) is 4.79 Å². The molecule has 98 valence electrons. The summed E-state index contributed by atoms with van der Waals surface area (Å²) < 4.78 is 0. The minimum absolute atomic E-state index is 0.0922. The van der Waals surface area contributed by atoms with Crippen molar-refractivity contribution in [2.75, 3.05) is 26.2 Å². The predicted molar refractivity (Wildman–Crippen MR) is 72.6 cm³/mol. The molecule has 0 spiro atoms. The molecular weight excluding hydrogens is 226 g/mol. The Hall–Kier alpha value is -1.39. The number of nitrogens with zero attached hydrogens (tertiary/aromatic N) is 1. The zero-order chi connectivity index (χ0) is 13.0. The van der Waals surface area contributed by atoms with E-state index in [1.165, 1.54) is 5.56 Å². The number of benzene rings is 1. The van der Waals surface area contributed by atoms with E-state index in [0.29, 0.717) is 6.54 Å². The van der Waals surface area contributed by atoms with Crippen LogP contribution in [-0.4, -0.2) is 43.0 Å². The fourth-order valence-electron chi connectivity index (χ4n) is 2.29. The van der Waals surface area contributed by atoms with E-state index in [-0.39, 0.29) is 11.9 Å². The van der Waals surface area contributed by atoms with Gasteiger partial charge in [-0.15, -0.1) is 0 Å². The van der Waals surface area contributed by atoms with Crippen molar-refractivity contribution in [3.63, 3.8) is 0 Å². The molecule has 0 radical (unpaired) electrons. The zero-order valence-electron chi connectivity index (χ0n) is 10.9. The van der Waals surface area contributed by atoms with Gasteiger partial charge in [0.05, 0.1) is 6.04 Å². The number of nitrogens with two attached hydrogens (primary N) is 1. The monoisotopic (exact) mass is 247 g/mol. The van der Waals surface area contributed by atoms with Crippen LogP contribution in [0.5, 0.6) is 0 Å². The molecule has 1 unspecified atom stereocenters. The van der Waals surface area contributed by atoms with E-state index >= 15 is 0 Å². The molecule has 3 N–H and O–H groups in total. The molecule has 1 amide bonds. The first kappa shape index (κ1) is 13.1. The largest absolute Gasteiger partial charge is 0.332 e. The van der Waals surface area contributed by atoms with Crippen LogP contribution >= 0.6 is 0 Å². The van der Waals surface area contributed by atoms with Crippen molar-refractivity contribution in [3.05, 3.63) is 35.4 Å². The Balaban J connectivity index is 2.13. The van der Waals surface area contributed by atoms with Crippen LogP contribution in [0.1, 0.15) is 22.8 Å². The van der Waals surface area contributed by atoms with Gasteiger partial charge in [0.15, 0.2) is 0 Å². The van der Waals surface area contributed by atoms with E-state index < -0.39 is 0 Å². The Labute approximate surface area is 108 Å². The number of amides is 1. The van der Waals surface area contributed by atoms with Crippen LogP contribution < -0.4 is 11.1 Å². The van der Waals surface area contributed by atoms with Crippen LogP contribution in [0.3, 0.4) is 0 Å². The Kier molecular flexibility index (Phi) is 4.33. The van der Waals surface area contributed by atoms with Crippen molar-refractivity contribution in [1.29, 1.82) is 0 Å². The maximum atomic E-state index is 12.4. The fraction of sp³-hybridized carbons (Fsp3) is 0.500. The van der Waals surface area contributed by atoms with Crippen molar-refractivity contribution in [1.82, 2.24) is 10.2 Å². The van der Waals surface area contributed by atoms with E-state index in [2.05, 4.69) is 12.2 Å². The second-order valence-corrected chi connectivity index (χ2v) is 4.64. The molecule has 4 nitrogen and oxygen atoms in total. The van der Waals surface area contributed by atoms with E-state index in [4.69, 9.17) is 5.73 Å². The highest BCUT2D eigenvalue weighted by atomic mass is 16.2. The van der Waals surface area contributed by atoms with Gasteiger partial charge < -0.3 is 16.0 Å². The number of hydrogen-bond acceptors (Lipinski definition) is 3. The Morgan fingerprint density at radius 3 is 2.78 bits per heavy atom. The molecule has 1 atom stereocenters. The van der Waals surface area contributed by atoms with Gasteiger partial charge in [0.1, 0.15) is 0 Å². The third kappa shape index (κ3) is 2.71. The molecule has 1 aromatic rings. The first-order chi connectivity index (χ1) is 8.76. The quantitative estimate of drug-likeness (QED) is 0.823. The molecule has 4 heteroatoms. The van der Waals surface area contributed by atoms with E-state index in [1.807, 2.05) is 29.2 Å². The van der Waals surface area contributed by atoms with Crippen molar-refractivity contribution < 1.29 is 4.79 Å². The fourth-order valence-corrected chi connectivity index (χ4v) is 2.29. The van der Waals surface area contributed by atoms with Gasteiger partial charge >= 0.3 is 0 Å². The average molecular weight is 247 g/mol. The number of hydrogen-bond donors (Lipinski definition) is 2. The summed E-state index contributed by atoms with van der Waals surface area (Å²) in [7, 11) is 0. The Bertz CT molecular complexity index is 402. The van der Waals surface area contributed by atoms with Crippen molar-refractivity contribution >= 4 is 5.91 Å². The lowest BCUT2D eigenvalue weighted by atomic mass is 10.1. The molecule has 18 heavy (non-hydrogen) atoms. The molecule has 1 fully saturated rings. The van der Waals surface area contributed by atoms with E-state index in [1.54, 1.807) is 0 Å². The maximum Gasteiger partial charge on any atom is 0.254 e. The van der Waals surface area contributed by atoms with Crippen LogP contribution in [0.4, 0.5) is 0 Å². The van der Waals surface area contributed by atoms with Crippen molar-refractivity contribution in [3.8, 4) is 0 Å². The lowest BCUT2D eigenvalue weighted by Crippen LogP contribution is -2.56. The molecule has 1 aliphatic rings. The van der Waals surface area contributed by atoms with Gasteiger partial charge in [-0.1, -0.05) is 19.1 Å². The zero-order valence-corrected chi connectivity index (χ0v) is 10.9. The number of carbonyl (C=O) groups excluding carboxylic acids is 1. The second kappa shape index (κ2) is 5.98. The van der Waals surface area contributed by atoms with E-state index in [0.717, 1.165) is 31.6 Å². The highest BCUT2D eigenvalue weighted by Crippen LogP contribution is 2.11. The van der Waals surface area contributed by atoms with Gasteiger partial charge in [0, 0.05) is 31.7 Å². The summed E-state index contributed by atoms with van der Waals surface area (Å²) in [6.45, 7) is 4.98. The van der Waals surface area contributed by atoms with Crippen molar-refractivity contribution in [2.45, 2.75) is 19.4 Å². The molecule has 0 aromatic heterocycles. The molecule has 0 saturated carbocycles. The van der Waals surface area contributed by atoms with Gasteiger partial charge in [-0.05, 0) is 24.1 Å². The second-order valence-electron chi connectivity index (χ2n) is 4.64. The summed E-state index contributed by atoms with van der Waals surface area (Å²) >= 11 is 0. The number of piperazine rings is 1. The third-order valence-electron chi connectivity index (χ3n) is 3.49. The number of aryl methyl sites for hydroxylation is 1. The van der Waals surface area contributed by atoms with Crippen LogP contribution in [0.2, 0.25) is 0 Å². The van der Waals surface area contributed by atoms with Crippen LogP contribution in [0.15, 0.2) is 24.3 Å². The molecule has 1 aliphatic heterocycles. The van der Waals surface area contributed by atoms with Crippen LogP contribution in [-0.2, 0) is 6.42 Å². The lowest BCUT2D eigenvalue weighted by molar-refractivity contribution is 0.0645. The first-order valence-electron chi connectivity index (χ1n) is 6.57. The minimum atomic E-state index is 0.0922. The SMILES string of the molecule is CCc1ccc(C(=O)N2CCNCC2CN)cc1. The van der Waals surface area contributed by atoms with Gasteiger partial charge in [-0.25, -0.2) is 0 Å². The molecule has 0 bridgehead atoms. The maximum absolute atomic E-state index is 12.4. The van der Waals surface area contributed by atoms with E-state index in [9.17, 15) is 4.79 Å². The minimum Gasteiger partial charge on any atom is -0.332 e. The summed E-state index contributed by atoms with van der Waals surface area (Å²) in [4.78, 5) is 14.3. The highest BCUT2D eigenvalue weighted by molar-refractivity contribution is 5.94. The Morgan fingerprint density at radius 1 is 1.44 bits per heavy atom. The smallest absolute Gasteiger partial charge is 0.254 e. The Morgan fingerprint density at radius 2 is 2.17 bits per heavy atom. The number of nitrogens with one attached hydrogen (secondary N) is 1.